The van der Waals surface area contributed by atoms with Gasteiger partial charge in [-0.1, -0.05) is 59.6 Å². The number of fused-ring (bicyclic) bond motifs is 1. The van der Waals surface area contributed by atoms with Crippen molar-refractivity contribution in [3.63, 3.8) is 0 Å². The van der Waals surface area contributed by atoms with Gasteiger partial charge in [-0.25, -0.2) is 8.42 Å². The van der Waals surface area contributed by atoms with E-state index >= 15 is 0 Å². The first-order chi connectivity index (χ1) is 17.8. The second-order valence-corrected chi connectivity index (χ2v) is 12.3. The van der Waals surface area contributed by atoms with Gasteiger partial charge in [-0.3, -0.25) is 4.79 Å². The highest BCUT2D eigenvalue weighted by molar-refractivity contribution is 7.92. The van der Waals surface area contributed by atoms with Gasteiger partial charge in [0, 0.05) is 47.1 Å². The number of thiophene rings is 1. The largest absolute Gasteiger partial charge is 0.385 e. The van der Waals surface area contributed by atoms with Crippen LogP contribution in [-0.2, 0) is 26.0 Å². The standard InChI is InChI=1S/C27H28Cl2N2O4S2/c1-35-15-5-13-30(37(33,34)17-12-20-6-3-2-4-7-20)19-26(32)31-14-10-25-23(11-16-36-25)27(31)22-9-8-21(28)18-24(22)29/h2-4,6-9,11-12,16-18,27H,5,10,13-15,19H2,1H3. The molecule has 0 bridgehead atoms. The highest BCUT2D eigenvalue weighted by Crippen LogP contribution is 2.41. The van der Waals surface area contributed by atoms with Crippen LogP contribution in [0, 0.1) is 0 Å². The molecule has 1 aliphatic heterocycles. The number of amides is 1. The molecular weight excluding hydrogens is 551 g/mol. The van der Waals surface area contributed by atoms with E-state index in [2.05, 4.69) is 0 Å². The van der Waals surface area contributed by atoms with Gasteiger partial charge in [0.2, 0.25) is 15.9 Å². The Kier molecular flexibility index (Phi) is 9.45. The van der Waals surface area contributed by atoms with Gasteiger partial charge < -0.3 is 9.64 Å². The topological polar surface area (TPSA) is 66.9 Å². The molecular formula is C27H28Cl2N2O4S2. The van der Waals surface area contributed by atoms with Gasteiger partial charge >= 0.3 is 0 Å². The number of halogens is 2. The molecule has 6 nitrogen and oxygen atoms in total. The second kappa shape index (κ2) is 12.6. The lowest BCUT2D eigenvalue weighted by Gasteiger charge is -2.37. The number of ether oxygens (including phenoxy) is 1. The first kappa shape index (κ1) is 27.8. The van der Waals surface area contributed by atoms with E-state index in [0.29, 0.717) is 36.0 Å². The van der Waals surface area contributed by atoms with Crippen molar-refractivity contribution in [1.82, 2.24) is 9.21 Å². The number of methoxy groups -OCH3 is 1. The molecule has 1 aliphatic rings. The zero-order chi connectivity index (χ0) is 26.4. The quantitative estimate of drug-likeness (QED) is 0.282. The summed E-state index contributed by atoms with van der Waals surface area (Å²) in [5, 5.41) is 4.13. The zero-order valence-corrected chi connectivity index (χ0v) is 23.5. The fraction of sp³-hybridized carbons (Fsp3) is 0.296. The predicted octanol–water partition coefficient (Wildman–Crippen LogP) is 5.87. The van der Waals surface area contributed by atoms with Crippen LogP contribution in [0.5, 0.6) is 0 Å². The Balaban J connectivity index is 1.62. The molecule has 0 N–H and O–H groups in total. The maximum absolute atomic E-state index is 13.8. The molecule has 2 aromatic carbocycles. The lowest BCUT2D eigenvalue weighted by molar-refractivity contribution is -0.133. The molecule has 0 fully saturated rings. The number of benzene rings is 2. The van der Waals surface area contributed by atoms with Crippen LogP contribution in [0.15, 0.2) is 65.4 Å². The smallest absolute Gasteiger partial charge is 0.238 e. The zero-order valence-electron chi connectivity index (χ0n) is 20.3. The Morgan fingerprint density at radius 1 is 1.16 bits per heavy atom. The SMILES string of the molecule is COCCCN(CC(=O)N1CCc2sccc2C1c1ccc(Cl)cc1Cl)S(=O)(=O)C=Cc1ccccc1. The van der Waals surface area contributed by atoms with Gasteiger partial charge in [0.05, 0.1) is 12.6 Å². The van der Waals surface area contributed by atoms with Crippen molar-refractivity contribution in [2.45, 2.75) is 18.9 Å². The summed E-state index contributed by atoms with van der Waals surface area (Å²) >= 11 is 14.4. The lowest BCUT2D eigenvalue weighted by atomic mass is 9.93. The number of hydrogen-bond acceptors (Lipinski definition) is 5. The minimum Gasteiger partial charge on any atom is -0.385 e. The summed E-state index contributed by atoms with van der Waals surface area (Å²) < 4.78 is 33.0. The first-order valence-electron chi connectivity index (χ1n) is 11.8. The van der Waals surface area contributed by atoms with Crippen LogP contribution in [0.4, 0.5) is 0 Å². The molecule has 0 spiro atoms. The Hall–Kier alpha value is -2.20. The summed E-state index contributed by atoms with van der Waals surface area (Å²) in [6, 6.07) is 16.0. The molecule has 196 valence electrons. The molecule has 0 radical (unpaired) electrons. The van der Waals surface area contributed by atoms with Crippen molar-refractivity contribution in [3.05, 3.63) is 97.0 Å². The van der Waals surface area contributed by atoms with Crippen molar-refractivity contribution in [2.75, 3.05) is 33.4 Å². The third-order valence-corrected chi connectivity index (χ3v) is 9.27. The minimum absolute atomic E-state index is 0.158. The molecule has 1 atom stereocenters. The second-order valence-electron chi connectivity index (χ2n) is 8.64. The van der Waals surface area contributed by atoms with Crippen LogP contribution >= 0.6 is 34.5 Å². The molecule has 4 rings (SSSR count). The van der Waals surface area contributed by atoms with E-state index in [-0.39, 0.29) is 19.0 Å². The molecule has 1 amide bonds. The molecule has 0 saturated carbocycles. The van der Waals surface area contributed by atoms with Gasteiger partial charge in [0.25, 0.3) is 0 Å². The summed E-state index contributed by atoms with van der Waals surface area (Å²) in [7, 11) is -2.31. The predicted molar refractivity (Wildman–Crippen MR) is 151 cm³/mol. The van der Waals surface area contributed by atoms with Gasteiger partial charge in [-0.2, -0.15) is 4.31 Å². The van der Waals surface area contributed by atoms with Crippen molar-refractivity contribution in [2.24, 2.45) is 0 Å². The molecule has 0 aliphatic carbocycles. The average Bonchev–Trinajstić information content (AvgIpc) is 3.36. The molecule has 2 heterocycles. The number of carbonyl (C=O) groups is 1. The molecule has 3 aromatic rings. The van der Waals surface area contributed by atoms with Crippen molar-refractivity contribution in [1.29, 1.82) is 0 Å². The summed E-state index contributed by atoms with van der Waals surface area (Å²) in [5.74, 6) is -0.290. The van der Waals surface area contributed by atoms with E-state index in [9.17, 15) is 13.2 Å². The van der Waals surface area contributed by atoms with Crippen molar-refractivity contribution >= 4 is 56.5 Å². The van der Waals surface area contributed by atoms with E-state index in [0.717, 1.165) is 22.1 Å². The van der Waals surface area contributed by atoms with Crippen LogP contribution in [-0.4, -0.2) is 56.9 Å². The van der Waals surface area contributed by atoms with Gasteiger partial charge in [0.1, 0.15) is 0 Å². The highest BCUT2D eigenvalue weighted by atomic mass is 35.5. The van der Waals surface area contributed by atoms with E-state index in [4.69, 9.17) is 27.9 Å². The van der Waals surface area contributed by atoms with Crippen LogP contribution < -0.4 is 0 Å². The van der Waals surface area contributed by atoms with Gasteiger partial charge in [0.15, 0.2) is 0 Å². The molecule has 10 heteroatoms. The molecule has 1 unspecified atom stereocenters. The number of carbonyl (C=O) groups excluding carboxylic acids is 1. The van der Waals surface area contributed by atoms with Crippen LogP contribution in [0.3, 0.4) is 0 Å². The van der Waals surface area contributed by atoms with Crippen molar-refractivity contribution < 1.29 is 17.9 Å². The summed E-state index contributed by atoms with van der Waals surface area (Å²) in [4.78, 5) is 16.7. The van der Waals surface area contributed by atoms with Gasteiger partial charge in [-0.15, -0.1) is 11.3 Å². The monoisotopic (exact) mass is 578 g/mol. The normalized spacial score (nSPS) is 15.9. The van der Waals surface area contributed by atoms with Crippen LogP contribution in [0.1, 0.15) is 34.0 Å². The summed E-state index contributed by atoms with van der Waals surface area (Å²) in [5.41, 5.74) is 2.52. The molecule has 1 aromatic heterocycles. The van der Waals surface area contributed by atoms with E-state index < -0.39 is 16.1 Å². The first-order valence-corrected chi connectivity index (χ1v) is 15.0. The Labute approximate surface area is 232 Å². The van der Waals surface area contributed by atoms with Crippen molar-refractivity contribution in [3.8, 4) is 0 Å². The summed E-state index contributed by atoms with van der Waals surface area (Å²) in [6.07, 6.45) is 2.70. The average molecular weight is 580 g/mol. The third kappa shape index (κ3) is 6.82. The Bertz CT molecular complexity index is 1360. The molecule has 37 heavy (non-hydrogen) atoms. The van der Waals surface area contributed by atoms with Gasteiger partial charge in [-0.05, 0) is 59.2 Å². The fourth-order valence-electron chi connectivity index (χ4n) is 4.38. The fourth-order valence-corrected chi connectivity index (χ4v) is 6.97. The lowest BCUT2D eigenvalue weighted by Crippen LogP contribution is -2.46. The highest BCUT2D eigenvalue weighted by Gasteiger charge is 2.35. The molecule has 0 saturated heterocycles. The Morgan fingerprint density at radius 2 is 1.95 bits per heavy atom. The van der Waals surface area contributed by atoms with E-state index in [1.165, 1.54) is 15.3 Å². The minimum atomic E-state index is -3.87. The van der Waals surface area contributed by atoms with Crippen LogP contribution in [0.2, 0.25) is 10.0 Å². The number of hydrogen-bond donors (Lipinski definition) is 0. The summed E-state index contributed by atoms with van der Waals surface area (Å²) in [6.45, 7) is 0.715. The third-order valence-electron chi connectivity index (χ3n) is 6.20. The van der Waals surface area contributed by atoms with E-state index in [1.54, 1.807) is 35.5 Å². The Morgan fingerprint density at radius 3 is 2.68 bits per heavy atom. The van der Waals surface area contributed by atoms with E-state index in [1.807, 2.05) is 47.8 Å². The van der Waals surface area contributed by atoms with Crippen LogP contribution in [0.25, 0.3) is 6.08 Å². The number of rotatable bonds is 10. The maximum atomic E-state index is 13.8. The maximum Gasteiger partial charge on any atom is 0.238 e. The number of sulfonamides is 1. The number of nitrogens with zero attached hydrogens (tertiary/aromatic N) is 2.